The number of likely N-dealkylation sites (tertiary alicyclic amines) is 1. The maximum atomic E-state index is 12.6. The Balaban J connectivity index is 1.42. The molecule has 158 valence electrons. The fourth-order valence-electron chi connectivity index (χ4n) is 3.79. The highest BCUT2D eigenvalue weighted by molar-refractivity contribution is 5.86. The molecule has 0 saturated carbocycles. The smallest absolute Gasteiger partial charge is 0.409 e. The number of piperidine rings is 1. The number of hydrogen-bond donors (Lipinski definition) is 2. The van der Waals surface area contributed by atoms with Crippen LogP contribution < -0.4 is 10.6 Å². The van der Waals surface area contributed by atoms with Crippen LogP contribution in [0, 0.1) is 0 Å². The van der Waals surface area contributed by atoms with E-state index < -0.39 is 0 Å². The van der Waals surface area contributed by atoms with Crippen molar-refractivity contribution in [1.29, 1.82) is 0 Å². The Hall–Kier alpha value is -2.77. The van der Waals surface area contributed by atoms with Gasteiger partial charge in [-0.2, -0.15) is 0 Å². The molecule has 2 heterocycles. The predicted molar refractivity (Wildman–Crippen MR) is 112 cm³/mol. The van der Waals surface area contributed by atoms with Crippen LogP contribution in [0.3, 0.4) is 0 Å². The van der Waals surface area contributed by atoms with E-state index in [1.807, 2.05) is 24.0 Å². The molecule has 1 aromatic carbocycles. The minimum absolute atomic E-state index is 0.0691. The molecule has 0 atom stereocenters. The number of carbonyl (C=O) groups is 2. The van der Waals surface area contributed by atoms with Crippen LogP contribution >= 0.6 is 0 Å². The van der Waals surface area contributed by atoms with Gasteiger partial charge in [-0.05, 0) is 37.3 Å². The highest BCUT2D eigenvalue weighted by Crippen LogP contribution is 2.18. The highest BCUT2D eigenvalue weighted by Gasteiger charge is 2.25. The van der Waals surface area contributed by atoms with Crippen LogP contribution in [-0.2, 0) is 22.5 Å². The first-order valence-corrected chi connectivity index (χ1v) is 10.3. The van der Waals surface area contributed by atoms with E-state index in [0.717, 1.165) is 25.8 Å². The molecule has 0 bridgehead atoms. The molecule has 2 aliphatic rings. The number of rotatable bonds is 4. The van der Waals surface area contributed by atoms with Crippen LogP contribution in [0.4, 0.5) is 4.79 Å². The van der Waals surface area contributed by atoms with Crippen LogP contribution in [0.2, 0.25) is 0 Å². The zero-order valence-corrected chi connectivity index (χ0v) is 17.3. The van der Waals surface area contributed by atoms with Crippen molar-refractivity contribution in [3.8, 4) is 0 Å². The number of hydrogen-bond acceptors (Lipinski definition) is 4. The van der Waals surface area contributed by atoms with E-state index in [2.05, 4.69) is 27.8 Å². The second kappa shape index (κ2) is 10.1. The number of nitrogens with zero attached hydrogens (tertiary/aromatic N) is 3. The van der Waals surface area contributed by atoms with Crippen molar-refractivity contribution in [2.75, 3.05) is 39.8 Å². The van der Waals surface area contributed by atoms with Gasteiger partial charge in [-0.3, -0.25) is 9.79 Å². The van der Waals surface area contributed by atoms with E-state index in [0.29, 0.717) is 32.2 Å². The number of aliphatic imine (C=N–C) groups is 1. The number of guanidine groups is 1. The molecule has 2 N–H and O–H groups in total. The normalized spacial score (nSPS) is 17.5. The summed E-state index contributed by atoms with van der Waals surface area (Å²) in [5.74, 6) is 0.685. The molecule has 0 spiro atoms. The quantitative estimate of drug-likeness (QED) is 0.588. The van der Waals surface area contributed by atoms with Gasteiger partial charge in [0.25, 0.3) is 0 Å². The fourth-order valence-corrected chi connectivity index (χ4v) is 3.79. The van der Waals surface area contributed by atoms with Crippen molar-refractivity contribution in [3.05, 3.63) is 35.4 Å². The maximum Gasteiger partial charge on any atom is 0.409 e. The van der Waals surface area contributed by atoms with E-state index in [1.165, 1.54) is 11.1 Å². The molecule has 1 aromatic rings. The molecule has 29 heavy (non-hydrogen) atoms. The molecular weight excluding hydrogens is 370 g/mol. The van der Waals surface area contributed by atoms with Gasteiger partial charge in [-0.15, -0.1) is 0 Å². The SMILES string of the molecule is CCOC(=O)N1CCC(NC(=NC)NCC(=O)N2CCc3ccccc3C2)CC1. The Bertz CT molecular complexity index is 744. The third kappa shape index (κ3) is 5.62. The third-order valence-electron chi connectivity index (χ3n) is 5.48. The fraction of sp³-hybridized carbons (Fsp3) is 0.571. The molecule has 0 aromatic heterocycles. The van der Waals surface area contributed by atoms with Gasteiger partial charge in [-0.1, -0.05) is 24.3 Å². The van der Waals surface area contributed by atoms with Gasteiger partial charge >= 0.3 is 6.09 Å². The van der Waals surface area contributed by atoms with Gasteiger partial charge < -0.3 is 25.2 Å². The Morgan fingerprint density at radius 3 is 2.55 bits per heavy atom. The van der Waals surface area contributed by atoms with Crippen molar-refractivity contribution in [3.63, 3.8) is 0 Å². The van der Waals surface area contributed by atoms with Gasteiger partial charge in [0, 0.05) is 39.3 Å². The summed E-state index contributed by atoms with van der Waals surface area (Å²) in [5.41, 5.74) is 2.55. The van der Waals surface area contributed by atoms with Crippen LogP contribution in [0.5, 0.6) is 0 Å². The van der Waals surface area contributed by atoms with Gasteiger partial charge in [0.1, 0.15) is 0 Å². The summed E-state index contributed by atoms with van der Waals surface area (Å²) in [6.45, 7) is 5.13. The first-order valence-electron chi connectivity index (χ1n) is 10.3. The zero-order valence-electron chi connectivity index (χ0n) is 17.3. The molecule has 0 unspecified atom stereocenters. The first-order chi connectivity index (χ1) is 14.1. The van der Waals surface area contributed by atoms with Crippen molar-refractivity contribution in [2.45, 2.75) is 38.8 Å². The molecule has 1 fully saturated rings. The number of benzene rings is 1. The summed E-state index contributed by atoms with van der Waals surface area (Å²) >= 11 is 0. The number of carbonyl (C=O) groups excluding carboxylic acids is 2. The summed E-state index contributed by atoms with van der Waals surface area (Å²) in [7, 11) is 1.70. The number of nitrogens with one attached hydrogen (secondary N) is 2. The van der Waals surface area contributed by atoms with E-state index in [9.17, 15) is 9.59 Å². The van der Waals surface area contributed by atoms with Crippen molar-refractivity contribution in [1.82, 2.24) is 20.4 Å². The lowest BCUT2D eigenvalue weighted by molar-refractivity contribution is -0.130. The lowest BCUT2D eigenvalue weighted by Gasteiger charge is -2.32. The Morgan fingerprint density at radius 1 is 1.14 bits per heavy atom. The summed E-state index contributed by atoms with van der Waals surface area (Å²) in [4.78, 5) is 32.3. The molecular formula is C21H31N5O3. The minimum atomic E-state index is -0.248. The number of fused-ring (bicyclic) bond motifs is 1. The molecule has 8 nitrogen and oxygen atoms in total. The topological polar surface area (TPSA) is 86.3 Å². The van der Waals surface area contributed by atoms with E-state index >= 15 is 0 Å². The molecule has 1 saturated heterocycles. The van der Waals surface area contributed by atoms with E-state index in [1.54, 1.807) is 11.9 Å². The van der Waals surface area contributed by atoms with Gasteiger partial charge in [0.15, 0.2) is 5.96 Å². The van der Waals surface area contributed by atoms with E-state index in [4.69, 9.17) is 4.74 Å². The van der Waals surface area contributed by atoms with Crippen LogP contribution in [0.15, 0.2) is 29.3 Å². The van der Waals surface area contributed by atoms with Crippen molar-refractivity contribution >= 4 is 18.0 Å². The lowest BCUT2D eigenvalue weighted by Crippen LogP contribution is -2.51. The Kier molecular flexibility index (Phi) is 7.32. The zero-order chi connectivity index (χ0) is 20.6. The Morgan fingerprint density at radius 2 is 1.86 bits per heavy atom. The molecule has 0 aliphatic carbocycles. The van der Waals surface area contributed by atoms with Crippen LogP contribution in [-0.4, -0.2) is 73.6 Å². The molecule has 2 amide bonds. The Labute approximate surface area is 172 Å². The predicted octanol–water partition coefficient (Wildman–Crippen LogP) is 1.36. The minimum Gasteiger partial charge on any atom is -0.450 e. The summed E-state index contributed by atoms with van der Waals surface area (Å²) in [5, 5.41) is 6.49. The lowest BCUT2D eigenvalue weighted by atomic mass is 10.00. The number of ether oxygens (including phenoxy) is 1. The van der Waals surface area contributed by atoms with E-state index in [-0.39, 0.29) is 24.6 Å². The standard InChI is InChI=1S/C21H31N5O3/c1-3-29-21(28)25-12-9-18(10-13-25)24-20(22-2)23-14-19(27)26-11-8-16-6-4-5-7-17(16)15-26/h4-7,18H,3,8-15H2,1-2H3,(H2,22,23,24). The second-order valence-corrected chi connectivity index (χ2v) is 7.36. The van der Waals surface area contributed by atoms with Crippen LogP contribution in [0.1, 0.15) is 30.9 Å². The average molecular weight is 402 g/mol. The molecule has 8 heteroatoms. The summed E-state index contributed by atoms with van der Waals surface area (Å²) < 4.78 is 5.05. The summed E-state index contributed by atoms with van der Waals surface area (Å²) in [6.07, 6.45) is 2.28. The van der Waals surface area contributed by atoms with Gasteiger partial charge in [0.05, 0.1) is 13.2 Å². The third-order valence-corrected chi connectivity index (χ3v) is 5.48. The molecule has 0 radical (unpaired) electrons. The van der Waals surface area contributed by atoms with Crippen LogP contribution in [0.25, 0.3) is 0 Å². The number of amides is 2. The molecule has 2 aliphatic heterocycles. The van der Waals surface area contributed by atoms with Crippen molar-refractivity contribution in [2.24, 2.45) is 4.99 Å². The second-order valence-electron chi connectivity index (χ2n) is 7.36. The average Bonchev–Trinajstić information content (AvgIpc) is 2.76. The highest BCUT2D eigenvalue weighted by atomic mass is 16.6. The monoisotopic (exact) mass is 401 g/mol. The largest absolute Gasteiger partial charge is 0.450 e. The van der Waals surface area contributed by atoms with Crippen molar-refractivity contribution < 1.29 is 14.3 Å². The van der Waals surface area contributed by atoms with Gasteiger partial charge in [-0.25, -0.2) is 4.79 Å². The summed E-state index contributed by atoms with van der Waals surface area (Å²) in [6, 6.07) is 8.50. The molecule has 3 rings (SSSR count). The maximum absolute atomic E-state index is 12.6. The van der Waals surface area contributed by atoms with Gasteiger partial charge in [0.2, 0.25) is 5.91 Å². The first kappa shape index (κ1) is 21.0.